The van der Waals surface area contributed by atoms with Gasteiger partial charge in [0.2, 0.25) is 17.8 Å². The zero-order valence-electron chi connectivity index (χ0n) is 14.2. The lowest BCUT2D eigenvalue weighted by atomic mass is 9.93. The van der Waals surface area contributed by atoms with E-state index in [4.69, 9.17) is 0 Å². The molecule has 1 fully saturated rings. The average Bonchev–Trinajstić information content (AvgIpc) is 3.19. The molecule has 1 aliphatic rings. The Morgan fingerprint density at radius 3 is 2.71 bits per heavy atom. The van der Waals surface area contributed by atoms with Crippen LogP contribution < -0.4 is 5.32 Å². The maximum Gasteiger partial charge on any atom is 0.248 e. The van der Waals surface area contributed by atoms with Crippen molar-refractivity contribution < 1.29 is 9.59 Å². The molecular weight excluding hydrogens is 310 g/mol. The minimum Gasteiger partial charge on any atom is -0.335 e. The van der Waals surface area contributed by atoms with Crippen molar-refractivity contribution in [3.8, 4) is 0 Å². The number of likely N-dealkylation sites (tertiary alicyclic amines) is 1. The number of nitrogens with one attached hydrogen (secondary N) is 1. The Hall–Kier alpha value is -2.71. The van der Waals surface area contributed by atoms with Crippen molar-refractivity contribution in [2.24, 2.45) is 20.0 Å². The highest BCUT2D eigenvalue weighted by molar-refractivity contribution is 5.97. The molecule has 2 amide bonds. The van der Waals surface area contributed by atoms with E-state index in [9.17, 15) is 9.59 Å². The fourth-order valence-electron chi connectivity index (χ4n) is 3.19. The number of hydrogen-bond acceptors (Lipinski definition) is 5. The Labute approximate surface area is 139 Å². The molecule has 2 aromatic heterocycles. The first-order valence-electron chi connectivity index (χ1n) is 7.86. The lowest BCUT2D eigenvalue weighted by Gasteiger charge is -2.26. The van der Waals surface area contributed by atoms with Gasteiger partial charge in [-0.25, -0.2) is 4.98 Å². The minimum atomic E-state index is -0.496. The van der Waals surface area contributed by atoms with E-state index >= 15 is 0 Å². The van der Waals surface area contributed by atoms with Crippen LogP contribution in [0, 0.1) is 12.8 Å². The van der Waals surface area contributed by atoms with E-state index in [2.05, 4.69) is 20.5 Å². The van der Waals surface area contributed by atoms with Gasteiger partial charge in [-0.05, 0) is 13.8 Å². The summed E-state index contributed by atoms with van der Waals surface area (Å²) in [7, 11) is 3.57. The van der Waals surface area contributed by atoms with Crippen LogP contribution in [-0.2, 0) is 23.7 Å². The minimum absolute atomic E-state index is 0.0279. The van der Waals surface area contributed by atoms with Crippen LogP contribution in [0.25, 0.3) is 0 Å². The molecule has 0 saturated carbocycles. The van der Waals surface area contributed by atoms with E-state index < -0.39 is 5.92 Å². The van der Waals surface area contributed by atoms with Gasteiger partial charge in [-0.3, -0.25) is 24.3 Å². The van der Waals surface area contributed by atoms with E-state index in [0.29, 0.717) is 6.54 Å². The number of amides is 2. The molecule has 9 heteroatoms. The lowest BCUT2D eigenvalue weighted by molar-refractivity contribution is -0.129. The van der Waals surface area contributed by atoms with E-state index in [1.807, 2.05) is 20.9 Å². The van der Waals surface area contributed by atoms with Crippen molar-refractivity contribution >= 4 is 17.8 Å². The molecule has 0 unspecified atom stereocenters. The molecule has 9 nitrogen and oxygen atoms in total. The molecular formula is C15H21N7O2. The first kappa shape index (κ1) is 16.2. The van der Waals surface area contributed by atoms with Crippen molar-refractivity contribution in [3.63, 3.8) is 0 Å². The van der Waals surface area contributed by atoms with Crippen molar-refractivity contribution in [1.82, 2.24) is 29.4 Å². The maximum atomic E-state index is 12.7. The predicted octanol–water partition coefficient (Wildman–Crippen LogP) is 0.405. The summed E-state index contributed by atoms with van der Waals surface area (Å²) in [6.45, 7) is 4.40. The zero-order chi connectivity index (χ0) is 17.4. The predicted molar refractivity (Wildman–Crippen MR) is 85.8 cm³/mol. The zero-order valence-corrected chi connectivity index (χ0v) is 14.2. The molecule has 1 aliphatic heterocycles. The van der Waals surface area contributed by atoms with E-state index in [0.717, 1.165) is 11.3 Å². The molecule has 3 rings (SSSR count). The van der Waals surface area contributed by atoms with Crippen molar-refractivity contribution in [2.75, 3.05) is 11.9 Å². The Morgan fingerprint density at radius 2 is 2.17 bits per heavy atom. The molecule has 2 atom stereocenters. The SMILES string of the molecule is CCN1C(=O)C[C@H](C(=O)Nc2ncn(C)n2)[C@H]1c1cnn(C)c1C. The number of carbonyl (C=O) groups excluding carboxylic acids is 2. The Morgan fingerprint density at radius 1 is 1.42 bits per heavy atom. The number of nitrogens with zero attached hydrogens (tertiary/aromatic N) is 6. The Balaban J connectivity index is 1.91. The van der Waals surface area contributed by atoms with E-state index in [1.54, 1.807) is 22.8 Å². The van der Waals surface area contributed by atoms with Crippen LogP contribution in [0.1, 0.15) is 30.6 Å². The van der Waals surface area contributed by atoms with Gasteiger partial charge in [-0.1, -0.05) is 0 Å². The number of aryl methyl sites for hydroxylation is 2. The number of aromatic nitrogens is 5. The molecule has 0 aromatic carbocycles. The standard InChI is InChI=1S/C15H21N7O2/c1-5-22-12(23)6-10(13(22)11-7-17-21(4)9(11)2)14(24)18-15-16-8-20(3)19-15/h7-8,10,13H,5-6H2,1-4H3,(H,18,19,24)/t10-,13-/m0/s1. The van der Waals surface area contributed by atoms with Crippen LogP contribution in [0.3, 0.4) is 0 Å². The van der Waals surface area contributed by atoms with Gasteiger partial charge < -0.3 is 4.90 Å². The number of carbonyl (C=O) groups is 2. The fraction of sp³-hybridized carbons (Fsp3) is 0.533. The molecule has 0 bridgehead atoms. The quantitative estimate of drug-likeness (QED) is 0.875. The Bertz CT molecular complexity index is 779. The third-order valence-corrected chi connectivity index (χ3v) is 4.54. The summed E-state index contributed by atoms with van der Waals surface area (Å²) in [6.07, 6.45) is 3.42. The smallest absolute Gasteiger partial charge is 0.248 e. The first-order chi connectivity index (χ1) is 11.4. The van der Waals surface area contributed by atoms with Gasteiger partial charge >= 0.3 is 0 Å². The molecule has 24 heavy (non-hydrogen) atoms. The van der Waals surface area contributed by atoms with Crippen LogP contribution in [0.4, 0.5) is 5.95 Å². The van der Waals surface area contributed by atoms with Gasteiger partial charge in [0.15, 0.2) is 0 Å². The molecule has 3 heterocycles. The van der Waals surface area contributed by atoms with Crippen molar-refractivity contribution in [3.05, 3.63) is 23.8 Å². The number of rotatable bonds is 4. The molecule has 0 aliphatic carbocycles. The summed E-state index contributed by atoms with van der Waals surface area (Å²) < 4.78 is 3.26. The third-order valence-electron chi connectivity index (χ3n) is 4.54. The largest absolute Gasteiger partial charge is 0.335 e. The van der Waals surface area contributed by atoms with Gasteiger partial charge in [0.1, 0.15) is 6.33 Å². The summed E-state index contributed by atoms with van der Waals surface area (Å²) in [4.78, 5) is 30.8. The highest BCUT2D eigenvalue weighted by atomic mass is 16.2. The van der Waals surface area contributed by atoms with Crippen LogP contribution >= 0.6 is 0 Å². The highest BCUT2D eigenvalue weighted by Gasteiger charge is 2.45. The Kier molecular flexibility index (Phi) is 4.08. The summed E-state index contributed by atoms with van der Waals surface area (Å²) in [5.41, 5.74) is 1.85. The van der Waals surface area contributed by atoms with Gasteiger partial charge in [-0.2, -0.15) is 5.10 Å². The summed E-state index contributed by atoms with van der Waals surface area (Å²) in [6, 6.07) is -0.320. The van der Waals surface area contributed by atoms with Crippen molar-refractivity contribution in [1.29, 1.82) is 0 Å². The second kappa shape index (κ2) is 6.06. The van der Waals surface area contributed by atoms with Gasteiger partial charge in [-0.15, -0.1) is 5.10 Å². The third kappa shape index (κ3) is 2.66. The highest BCUT2D eigenvalue weighted by Crippen LogP contribution is 2.39. The topological polar surface area (TPSA) is 97.9 Å². The van der Waals surface area contributed by atoms with Gasteiger partial charge in [0.05, 0.1) is 18.2 Å². The van der Waals surface area contributed by atoms with Crippen LogP contribution in [-0.4, -0.2) is 47.8 Å². The lowest BCUT2D eigenvalue weighted by Crippen LogP contribution is -2.32. The van der Waals surface area contributed by atoms with Gasteiger partial charge in [0, 0.05) is 38.3 Å². The summed E-state index contributed by atoms with van der Waals surface area (Å²) in [5.74, 6) is -0.533. The number of anilines is 1. The molecule has 1 N–H and O–H groups in total. The number of hydrogen-bond donors (Lipinski definition) is 1. The first-order valence-corrected chi connectivity index (χ1v) is 7.86. The average molecular weight is 331 g/mol. The monoisotopic (exact) mass is 331 g/mol. The molecule has 128 valence electrons. The molecule has 2 aromatic rings. The second-order valence-electron chi connectivity index (χ2n) is 5.98. The molecule has 0 spiro atoms. The molecule has 1 saturated heterocycles. The summed E-state index contributed by atoms with van der Waals surface area (Å²) in [5, 5.41) is 11.0. The van der Waals surface area contributed by atoms with Gasteiger partial charge in [0.25, 0.3) is 0 Å². The maximum absolute atomic E-state index is 12.7. The van der Waals surface area contributed by atoms with E-state index in [1.165, 1.54) is 11.0 Å². The molecule has 0 radical (unpaired) electrons. The summed E-state index contributed by atoms with van der Waals surface area (Å²) >= 11 is 0. The van der Waals surface area contributed by atoms with Crippen LogP contribution in [0.5, 0.6) is 0 Å². The second-order valence-corrected chi connectivity index (χ2v) is 5.98. The van der Waals surface area contributed by atoms with Crippen molar-refractivity contribution in [2.45, 2.75) is 26.3 Å². The fourth-order valence-corrected chi connectivity index (χ4v) is 3.19. The van der Waals surface area contributed by atoms with Crippen LogP contribution in [0.15, 0.2) is 12.5 Å². The normalized spacial score (nSPS) is 20.7. The van der Waals surface area contributed by atoms with E-state index in [-0.39, 0.29) is 30.2 Å². The van der Waals surface area contributed by atoms with Crippen LogP contribution in [0.2, 0.25) is 0 Å².